The van der Waals surface area contributed by atoms with Crippen molar-refractivity contribution in [3.8, 4) is 0 Å². The summed E-state index contributed by atoms with van der Waals surface area (Å²) in [5.74, 6) is -0.352. The Morgan fingerprint density at radius 1 is 1.00 bits per heavy atom. The van der Waals surface area contributed by atoms with Gasteiger partial charge in [-0.3, -0.25) is 9.59 Å². The van der Waals surface area contributed by atoms with E-state index in [4.69, 9.17) is 0 Å². The molecule has 0 radical (unpaired) electrons. The van der Waals surface area contributed by atoms with Crippen LogP contribution in [-0.4, -0.2) is 17.2 Å². The first-order valence-corrected chi connectivity index (χ1v) is 5.55. The lowest BCUT2D eigenvalue weighted by atomic mass is 9.99. The molecule has 0 amide bonds. The fraction of sp³-hybridized carbons (Fsp3) is 0.0667. The summed E-state index contributed by atoms with van der Waals surface area (Å²) in [5.41, 5.74) is 1.46. The van der Waals surface area contributed by atoms with E-state index in [1.54, 1.807) is 48.5 Å². The Hall–Kier alpha value is -2.26. The van der Waals surface area contributed by atoms with Gasteiger partial charge in [-0.15, -0.1) is 0 Å². The minimum Gasteiger partial charge on any atom is -0.380 e. The quantitative estimate of drug-likeness (QED) is 0.659. The molecule has 1 unspecified atom stereocenters. The zero-order chi connectivity index (χ0) is 13.0. The lowest BCUT2D eigenvalue weighted by molar-refractivity contribution is 0.0747. The number of aliphatic hydroxyl groups is 1. The maximum absolute atomic E-state index is 12.0. The molecule has 0 aliphatic carbocycles. The van der Waals surface area contributed by atoms with Crippen LogP contribution in [0.5, 0.6) is 0 Å². The summed E-state index contributed by atoms with van der Waals surface area (Å²) in [6, 6.07) is 14.9. The first-order valence-electron chi connectivity index (χ1n) is 5.55. The maximum Gasteiger partial charge on any atom is 0.195 e. The summed E-state index contributed by atoms with van der Waals surface area (Å²) < 4.78 is 0. The lowest BCUT2D eigenvalue weighted by Gasteiger charge is -2.10. The van der Waals surface area contributed by atoms with Crippen LogP contribution in [0.1, 0.15) is 32.4 Å². The van der Waals surface area contributed by atoms with Crippen LogP contribution in [0.15, 0.2) is 54.6 Å². The Morgan fingerprint density at radius 3 is 2.17 bits per heavy atom. The molecule has 0 fully saturated rings. The van der Waals surface area contributed by atoms with Gasteiger partial charge in [0.1, 0.15) is 12.4 Å². The fourth-order valence-electron chi connectivity index (χ4n) is 1.67. The van der Waals surface area contributed by atoms with Gasteiger partial charge in [0.2, 0.25) is 0 Å². The lowest BCUT2D eigenvalue weighted by Crippen LogP contribution is -2.12. The summed E-state index contributed by atoms with van der Waals surface area (Å²) in [5, 5.41) is 9.97. The van der Waals surface area contributed by atoms with Gasteiger partial charge in [-0.25, -0.2) is 0 Å². The number of carbonyl (C=O) groups excluding carboxylic acids is 2. The molecule has 0 saturated carbocycles. The Morgan fingerprint density at radius 2 is 1.61 bits per heavy atom. The molecule has 2 rings (SSSR count). The number of aldehydes is 1. The summed E-state index contributed by atoms with van der Waals surface area (Å²) in [4.78, 5) is 22.5. The zero-order valence-corrected chi connectivity index (χ0v) is 9.61. The van der Waals surface area contributed by atoms with Crippen LogP contribution >= 0.6 is 0 Å². The molecule has 0 aliphatic heterocycles. The van der Waals surface area contributed by atoms with Gasteiger partial charge in [0.15, 0.2) is 5.78 Å². The molecule has 0 bridgehead atoms. The third kappa shape index (κ3) is 2.52. The molecule has 2 aromatic rings. The highest BCUT2D eigenvalue weighted by atomic mass is 16.3. The van der Waals surface area contributed by atoms with Crippen LogP contribution in [-0.2, 0) is 0 Å². The Labute approximate surface area is 105 Å². The van der Waals surface area contributed by atoms with Gasteiger partial charge in [0.05, 0.1) is 0 Å². The van der Waals surface area contributed by atoms with Crippen molar-refractivity contribution in [2.75, 3.05) is 0 Å². The van der Waals surface area contributed by atoms with Crippen LogP contribution in [0.25, 0.3) is 0 Å². The van der Waals surface area contributed by atoms with E-state index in [9.17, 15) is 14.7 Å². The van der Waals surface area contributed by atoms with Crippen LogP contribution in [0, 0.1) is 0 Å². The molecule has 1 atom stereocenters. The molecular weight excluding hydrogens is 228 g/mol. The fourth-order valence-corrected chi connectivity index (χ4v) is 1.67. The number of ketones is 1. The Kier molecular flexibility index (Phi) is 3.65. The molecule has 90 valence electrons. The van der Waals surface area contributed by atoms with E-state index < -0.39 is 6.10 Å². The van der Waals surface area contributed by atoms with Gasteiger partial charge >= 0.3 is 0 Å². The van der Waals surface area contributed by atoms with E-state index in [0.717, 1.165) is 6.29 Å². The van der Waals surface area contributed by atoms with E-state index >= 15 is 0 Å². The molecule has 2 aromatic carbocycles. The minimum atomic E-state index is -1.20. The van der Waals surface area contributed by atoms with Crippen molar-refractivity contribution in [1.82, 2.24) is 0 Å². The van der Waals surface area contributed by atoms with Crippen LogP contribution in [0.3, 0.4) is 0 Å². The molecule has 0 spiro atoms. The molecule has 0 aliphatic rings. The predicted octanol–water partition coefficient (Wildman–Crippen LogP) is 2.42. The Bertz CT molecular complexity index is 544. The first kappa shape index (κ1) is 12.2. The van der Waals surface area contributed by atoms with Gasteiger partial charge in [-0.1, -0.05) is 54.6 Å². The van der Waals surface area contributed by atoms with Crippen molar-refractivity contribution >= 4 is 12.1 Å². The largest absolute Gasteiger partial charge is 0.380 e. The monoisotopic (exact) mass is 240 g/mol. The van der Waals surface area contributed by atoms with Crippen molar-refractivity contribution in [3.05, 3.63) is 71.3 Å². The normalized spacial score (nSPS) is 11.8. The molecule has 0 heterocycles. The van der Waals surface area contributed by atoms with Gasteiger partial charge in [-0.2, -0.15) is 0 Å². The van der Waals surface area contributed by atoms with E-state index in [2.05, 4.69) is 0 Å². The highest BCUT2D eigenvalue weighted by Gasteiger charge is 2.18. The number of aliphatic hydroxyl groups excluding tert-OH is 1. The molecular formula is C15H12O3. The van der Waals surface area contributed by atoms with Crippen molar-refractivity contribution in [2.45, 2.75) is 6.10 Å². The molecule has 0 saturated heterocycles. The van der Waals surface area contributed by atoms with Crippen molar-refractivity contribution in [2.24, 2.45) is 0 Å². The van der Waals surface area contributed by atoms with Crippen LogP contribution in [0.2, 0.25) is 0 Å². The third-order valence-corrected chi connectivity index (χ3v) is 2.69. The second-order valence-corrected chi connectivity index (χ2v) is 3.92. The Balaban J connectivity index is 2.22. The van der Waals surface area contributed by atoms with Crippen molar-refractivity contribution in [3.63, 3.8) is 0 Å². The number of rotatable bonds is 4. The highest BCUT2D eigenvalue weighted by molar-refractivity contribution is 5.99. The topological polar surface area (TPSA) is 54.4 Å². The molecule has 18 heavy (non-hydrogen) atoms. The van der Waals surface area contributed by atoms with Crippen LogP contribution in [0.4, 0.5) is 0 Å². The van der Waals surface area contributed by atoms with Crippen molar-refractivity contribution < 1.29 is 14.7 Å². The zero-order valence-electron chi connectivity index (χ0n) is 9.61. The number of hydrogen-bond acceptors (Lipinski definition) is 3. The number of carbonyl (C=O) groups is 2. The minimum absolute atomic E-state index is 0.352. The molecule has 1 N–H and O–H groups in total. The number of benzene rings is 2. The van der Waals surface area contributed by atoms with E-state index in [-0.39, 0.29) is 5.78 Å². The summed E-state index contributed by atoms with van der Waals surface area (Å²) >= 11 is 0. The van der Waals surface area contributed by atoms with E-state index in [1.165, 1.54) is 0 Å². The van der Waals surface area contributed by atoms with Crippen LogP contribution < -0.4 is 0 Å². The second kappa shape index (κ2) is 5.38. The number of hydrogen-bond donors (Lipinski definition) is 1. The molecule has 3 heteroatoms. The average molecular weight is 240 g/mol. The van der Waals surface area contributed by atoms with Gasteiger partial charge in [0.25, 0.3) is 0 Å². The van der Waals surface area contributed by atoms with Gasteiger partial charge < -0.3 is 5.11 Å². The third-order valence-electron chi connectivity index (χ3n) is 2.69. The van der Waals surface area contributed by atoms with Gasteiger partial charge in [-0.05, 0) is 5.56 Å². The molecule has 3 nitrogen and oxygen atoms in total. The maximum atomic E-state index is 12.0. The standard InChI is InChI=1S/C15H12O3/c16-10-11-6-8-13(9-7-11)15(18)14(17)12-4-2-1-3-5-12/h1-10,15,18H. The highest BCUT2D eigenvalue weighted by Crippen LogP contribution is 2.18. The van der Waals surface area contributed by atoms with Gasteiger partial charge in [0, 0.05) is 11.1 Å². The SMILES string of the molecule is O=Cc1ccc(C(O)C(=O)c2ccccc2)cc1. The van der Waals surface area contributed by atoms with Crippen molar-refractivity contribution in [1.29, 1.82) is 0 Å². The molecule has 0 aromatic heterocycles. The summed E-state index contributed by atoms with van der Waals surface area (Å²) in [6.07, 6.45) is -0.483. The summed E-state index contributed by atoms with van der Waals surface area (Å²) in [7, 11) is 0. The first-order chi connectivity index (χ1) is 8.72. The predicted molar refractivity (Wildman–Crippen MR) is 67.6 cm³/mol. The smallest absolute Gasteiger partial charge is 0.195 e. The number of Topliss-reactive ketones (excluding diaryl/α,β-unsaturated/α-hetero) is 1. The van der Waals surface area contributed by atoms with E-state index in [0.29, 0.717) is 16.7 Å². The second-order valence-electron chi connectivity index (χ2n) is 3.92. The summed E-state index contributed by atoms with van der Waals surface area (Å²) in [6.45, 7) is 0. The average Bonchev–Trinajstić information content (AvgIpc) is 2.47. The van der Waals surface area contributed by atoms with E-state index in [1.807, 2.05) is 6.07 Å².